The van der Waals surface area contributed by atoms with E-state index in [0.29, 0.717) is 25.7 Å². The van der Waals surface area contributed by atoms with Crippen molar-refractivity contribution < 1.29 is 13.9 Å². The van der Waals surface area contributed by atoms with Crippen molar-refractivity contribution in [2.45, 2.75) is 37.3 Å². The minimum atomic E-state index is -1.02. The van der Waals surface area contributed by atoms with Crippen LogP contribution in [0.1, 0.15) is 30.4 Å². The highest BCUT2D eigenvalue weighted by Crippen LogP contribution is 2.51. The second-order valence-corrected chi connectivity index (χ2v) is 4.89. The Kier molecular flexibility index (Phi) is 2.25. The molecular formula is C14H15FO2. The summed E-state index contributed by atoms with van der Waals surface area (Å²) >= 11 is 0. The number of benzene rings is 1. The number of alkyl halides is 1. The van der Waals surface area contributed by atoms with Crippen molar-refractivity contribution in [1.29, 1.82) is 0 Å². The predicted octanol–water partition coefficient (Wildman–Crippen LogP) is 2.58. The van der Waals surface area contributed by atoms with E-state index in [2.05, 4.69) is 0 Å². The quantitative estimate of drug-likeness (QED) is 0.746. The number of methoxy groups -OCH3 is 1. The molecule has 1 aromatic rings. The highest BCUT2D eigenvalue weighted by atomic mass is 19.1. The van der Waals surface area contributed by atoms with E-state index in [9.17, 15) is 9.18 Å². The second kappa shape index (κ2) is 3.56. The van der Waals surface area contributed by atoms with E-state index in [0.717, 1.165) is 16.9 Å². The maximum atomic E-state index is 14.2. The lowest BCUT2D eigenvalue weighted by Crippen LogP contribution is -2.54. The van der Waals surface area contributed by atoms with Crippen LogP contribution in [0.3, 0.4) is 0 Å². The van der Waals surface area contributed by atoms with Crippen LogP contribution < -0.4 is 4.74 Å². The maximum Gasteiger partial charge on any atom is 0.146 e. The van der Waals surface area contributed by atoms with Gasteiger partial charge in [-0.25, -0.2) is 4.39 Å². The molecule has 1 fully saturated rings. The van der Waals surface area contributed by atoms with E-state index < -0.39 is 11.6 Å². The van der Waals surface area contributed by atoms with Gasteiger partial charge in [0.15, 0.2) is 0 Å². The molecule has 0 heterocycles. The largest absolute Gasteiger partial charge is 0.496 e. The van der Waals surface area contributed by atoms with Gasteiger partial charge < -0.3 is 4.74 Å². The molecule has 0 aromatic heterocycles. The zero-order valence-electron chi connectivity index (χ0n) is 9.83. The molecule has 3 rings (SSSR count). The fraction of sp³-hybridized carbons (Fsp3) is 0.500. The fourth-order valence-electron chi connectivity index (χ4n) is 3.23. The summed E-state index contributed by atoms with van der Waals surface area (Å²) in [5.41, 5.74) is 1.05. The molecule has 2 aliphatic rings. The Hall–Kier alpha value is -1.38. The lowest BCUT2D eigenvalue weighted by Gasteiger charge is -2.46. The van der Waals surface area contributed by atoms with E-state index in [4.69, 9.17) is 4.74 Å². The van der Waals surface area contributed by atoms with E-state index >= 15 is 0 Å². The van der Waals surface area contributed by atoms with Crippen molar-refractivity contribution in [1.82, 2.24) is 0 Å². The third-order valence-electron chi connectivity index (χ3n) is 4.26. The summed E-state index contributed by atoms with van der Waals surface area (Å²) in [4.78, 5) is 11.9. The summed E-state index contributed by atoms with van der Waals surface area (Å²) in [6, 6.07) is 5.62. The van der Waals surface area contributed by atoms with Gasteiger partial charge in [0.2, 0.25) is 0 Å². The van der Waals surface area contributed by atoms with Crippen LogP contribution in [0.15, 0.2) is 18.2 Å². The molecule has 0 saturated heterocycles. The highest BCUT2D eigenvalue weighted by Gasteiger charge is 2.56. The highest BCUT2D eigenvalue weighted by molar-refractivity contribution is 5.97. The molecule has 3 heteroatoms. The van der Waals surface area contributed by atoms with Crippen molar-refractivity contribution in [3.63, 3.8) is 0 Å². The van der Waals surface area contributed by atoms with Gasteiger partial charge in [0, 0.05) is 6.42 Å². The average molecular weight is 234 g/mol. The summed E-state index contributed by atoms with van der Waals surface area (Å²) in [5.74, 6) is 0.840. The number of hydrogen-bond acceptors (Lipinski definition) is 2. The third kappa shape index (κ3) is 1.22. The number of halogens is 1. The van der Waals surface area contributed by atoms with E-state index in [1.54, 1.807) is 7.11 Å². The van der Waals surface area contributed by atoms with Crippen LogP contribution >= 0.6 is 0 Å². The smallest absolute Gasteiger partial charge is 0.146 e. The van der Waals surface area contributed by atoms with Gasteiger partial charge in [-0.15, -0.1) is 0 Å². The molecular weight excluding hydrogens is 219 g/mol. The number of hydrogen-bond donors (Lipinski definition) is 0. The molecule has 0 bridgehead atoms. The van der Waals surface area contributed by atoms with Crippen molar-refractivity contribution >= 4 is 5.78 Å². The standard InChI is InChI=1S/C14H15FO2/c1-17-11-4-2-3-10-9(11)5-6-12(15)14(10)8-7-13(14)16/h2-4,12H,5-8H2,1H3/t12-,14+/m1/s1. The zero-order chi connectivity index (χ0) is 12.0. The number of ketones is 1. The lowest BCUT2D eigenvalue weighted by molar-refractivity contribution is -0.136. The Morgan fingerprint density at radius 1 is 1.41 bits per heavy atom. The fourth-order valence-corrected chi connectivity index (χ4v) is 3.23. The molecule has 90 valence electrons. The molecule has 1 saturated carbocycles. The molecule has 17 heavy (non-hydrogen) atoms. The maximum absolute atomic E-state index is 14.2. The Labute approximate surface area is 99.8 Å². The summed E-state index contributed by atoms with van der Waals surface area (Å²) in [6.45, 7) is 0. The Morgan fingerprint density at radius 2 is 2.24 bits per heavy atom. The average Bonchev–Trinajstić information content (AvgIpc) is 2.35. The molecule has 2 nitrogen and oxygen atoms in total. The van der Waals surface area contributed by atoms with Crippen LogP contribution in [0.5, 0.6) is 5.75 Å². The van der Waals surface area contributed by atoms with Crippen molar-refractivity contribution in [2.24, 2.45) is 0 Å². The predicted molar refractivity (Wildman–Crippen MR) is 62.1 cm³/mol. The van der Waals surface area contributed by atoms with Gasteiger partial charge >= 0.3 is 0 Å². The van der Waals surface area contributed by atoms with Gasteiger partial charge in [0.05, 0.1) is 12.5 Å². The minimum Gasteiger partial charge on any atom is -0.496 e. The van der Waals surface area contributed by atoms with E-state index in [-0.39, 0.29) is 5.78 Å². The Morgan fingerprint density at radius 3 is 2.82 bits per heavy atom. The summed E-state index contributed by atoms with van der Waals surface area (Å²) in [6.07, 6.45) is 1.22. The Balaban J connectivity index is 2.19. The molecule has 2 aliphatic carbocycles. The molecule has 0 N–H and O–H groups in total. The summed E-state index contributed by atoms with van der Waals surface area (Å²) in [7, 11) is 1.62. The second-order valence-electron chi connectivity index (χ2n) is 4.89. The number of fused-ring (bicyclic) bond motifs is 2. The summed E-state index contributed by atoms with van der Waals surface area (Å²) in [5, 5.41) is 0. The van der Waals surface area contributed by atoms with Crippen LogP contribution in [-0.2, 0) is 16.6 Å². The molecule has 0 amide bonds. The van der Waals surface area contributed by atoms with E-state index in [1.165, 1.54) is 0 Å². The van der Waals surface area contributed by atoms with Crippen LogP contribution in [0.2, 0.25) is 0 Å². The first kappa shape index (κ1) is 10.8. The number of rotatable bonds is 1. The molecule has 0 unspecified atom stereocenters. The van der Waals surface area contributed by atoms with Crippen molar-refractivity contribution in [3.8, 4) is 5.75 Å². The monoisotopic (exact) mass is 234 g/mol. The first-order chi connectivity index (χ1) is 8.20. The lowest BCUT2D eigenvalue weighted by atomic mass is 9.56. The first-order valence-electron chi connectivity index (χ1n) is 6.04. The number of carbonyl (C=O) groups excluding carboxylic acids is 1. The third-order valence-corrected chi connectivity index (χ3v) is 4.26. The first-order valence-corrected chi connectivity index (χ1v) is 6.04. The number of ether oxygens (including phenoxy) is 1. The van der Waals surface area contributed by atoms with Crippen molar-refractivity contribution in [3.05, 3.63) is 29.3 Å². The Bertz CT molecular complexity index is 483. The SMILES string of the molecule is COc1cccc2c1CC[C@@H](F)[C@]21CCC1=O. The number of Topliss-reactive ketones (excluding diaryl/α,β-unsaturated/α-hetero) is 1. The van der Waals surface area contributed by atoms with Crippen LogP contribution in [-0.4, -0.2) is 19.1 Å². The van der Waals surface area contributed by atoms with Gasteiger partial charge in [-0.05, 0) is 36.5 Å². The zero-order valence-corrected chi connectivity index (χ0v) is 9.83. The topological polar surface area (TPSA) is 26.3 Å². The van der Waals surface area contributed by atoms with Crippen LogP contribution in [0.25, 0.3) is 0 Å². The molecule has 1 aromatic carbocycles. The molecule has 2 atom stereocenters. The van der Waals surface area contributed by atoms with Gasteiger partial charge in [-0.1, -0.05) is 12.1 Å². The minimum absolute atomic E-state index is 0.0548. The number of carbonyl (C=O) groups is 1. The molecule has 0 radical (unpaired) electrons. The normalized spacial score (nSPS) is 30.9. The molecule has 0 aliphatic heterocycles. The van der Waals surface area contributed by atoms with Crippen molar-refractivity contribution in [2.75, 3.05) is 7.11 Å². The van der Waals surface area contributed by atoms with Gasteiger partial charge in [-0.2, -0.15) is 0 Å². The van der Waals surface area contributed by atoms with E-state index in [1.807, 2.05) is 18.2 Å². The van der Waals surface area contributed by atoms with Gasteiger partial charge in [0.1, 0.15) is 17.7 Å². The van der Waals surface area contributed by atoms with Gasteiger partial charge in [-0.3, -0.25) is 4.79 Å². The van der Waals surface area contributed by atoms with Gasteiger partial charge in [0.25, 0.3) is 0 Å². The molecule has 1 spiro atoms. The summed E-state index contributed by atoms with van der Waals surface area (Å²) < 4.78 is 19.5. The van der Waals surface area contributed by atoms with Crippen LogP contribution in [0.4, 0.5) is 4.39 Å². The van der Waals surface area contributed by atoms with Crippen LogP contribution in [0, 0.1) is 0 Å².